The predicted molar refractivity (Wildman–Crippen MR) is 96.7 cm³/mol. The van der Waals surface area contributed by atoms with E-state index in [0.29, 0.717) is 16.9 Å². The number of pyridine rings is 1. The third kappa shape index (κ3) is 2.63. The lowest BCUT2D eigenvalue weighted by Gasteiger charge is -2.09. The van der Waals surface area contributed by atoms with E-state index in [1.165, 1.54) is 6.07 Å². The average molecular weight is 333 g/mol. The van der Waals surface area contributed by atoms with Crippen molar-refractivity contribution in [2.75, 3.05) is 5.32 Å². The van der Waals surface area contributed by atoms with Crippen molar-refractivity contribution in [3.05, 3.63) is 59.8 Å². The van der Waals surface area contributed by atoms with Crippen molar-refractivity contribution in [3.8, 4) is 5.75 Å². The highest BCUT2D eigenvalue weighted by Gasteiger charge is 2.15. The Labute approximate surface area is 142 Å². The molecule has 0 amide bonds. The van der Waals surface area contributed by atoms with Gasteiger partial charge < -0.3 is 20.5 Å². The Hall–Kier alpha value is -3.54. The van der Waals surface area contributed by atoms with Crippen LogP contribution in [0.5, 0.6) is 5.75 Å². The van der Waals surface area contributed by atoms with Crippen molar-refractivity contribution in [3.63, 3.8) is 0 Å². The number of aromatic amines is 1. The molecule has 6 heteroatoms. The number of anilines is 2. The zero-order chi connectivity index (χ0) is 17.6. The van der Waals surface area contributed by atoms with E-state index in [-0.39, 0.29) is 11.4 Å². The van der Waals surface area contributed by atoms with Crippen LogP contribution in [0.15, 0.2) is 48.5 Å². The largest absolute Gasteiger partial charge is 0.508 e. The summed E-state index contributed by atoms with van der Waals surface area (Å²) in [5.74, 6) is -0.530. The molecule has 2 aromatic carbocycles. The number of fused-ring (bicyclic) bond motifs is 3. The van der Waals surface area contributed by atoms with E-state index in [2.05, 4.69) is 15.3 Å². The number of carboxylic acid groups (broad SMARTS) is 1. The third-order valence-electron chi connectivity index (χ3n) is 4.07. The van der Waals surface area contributed by atoms with E-state index < -0.39 is 5.97 Å². The molecule has 0 radical (unpaired) electrons. The number of phenolic OH excluding ortho intramolecular Hbond substituents is 1. The highest BCUT2D eigenvalue weighted by Crippen LogP contribution is 2.33. The molecule has 0 aliphatic heterocycles. The molecule has 2 heterocycles. The van der Waals surface area contributed by atoms with Gasteiger partial charge in [0.1, 0.15) is 5.75 Å². The van der Waals surface area contributed by atoms with Crippen molar-refractivity contribution >= 4 is 39.3 Å². The number of nitrogens with zero attached hydrogens (tertiary/aromatic N) is 1. The number of carboxylic acids is 1. The lowest BCUT2D eigenvalue weighted by atomic mass is 10.1. The number of aromatic nitrogens is 2. The van der Waals surface area contributed by atoms with Crippen molar-refractivity contribution in [2.45, 2.75) is 6.92 Å². The SMILES string of the molecule is Cc1cccc(Nc2nc(C(=O)O)cc3c2[nH]c2cc(O)ccc23)c1. The number of hydrogen-bond acceptors (Lipinski definition) is 4. The Morgan fingerprint density at radius 1 is 1.12 bits per heavy atom. The fraction of sp³-hybridized carbons (Fsp3) is 0.0526. The molecule has 124 valence electrons. The predicted octanol–water partition coefficient (Wildman–Crippen LogP) is 4.17. The average Bonchev–Trinajstić information content (AvgIpc) is 2.92. The number of aromatic carboxylic acids is 1. The van der Waals surface area contributed by atoms with E-state index in [4.69, 9.17) is 0 Å². The maximum Gasteiger partial charge on any atom is 0.354 e. The first-order chi connectivity index (χ1) is 12.0. The first-order valence-corrected chi connectivity index (χ1v) is 7.74. The van der Waals surface area contributed by atoms with E-state index in [0.717, 1.165) is 22.0 Å². The molecule has 0 unspecified atom stereocenters. The zero-order valence-electron chi connectivity index (χ0n) is 13.4. The molecule has 0 aliphatic carbocycles. The Kier molecular flexibility index (Phi) is 3.32. The van der Waals surface area contributed by atoms with E-state index in [9.17, 15) is 15.0 Å². The molecule has 0 fully saturated rings. The molecule has 4 aromatic rings. The van der Waals surface area contributed by atoms with Gasteiger partial charge in [-0.3, -0.25) is 0 Å². The summed E-state index contributed by atoms with van der Waals surface area (Å²) in [7, 11) is 0. The van der Waals surface area contributed by atoms with Crippen LogP contribution in [0.2, 0.25) is 0 Å². The summed E-state index contributed by atoms with van der Waals surface area (Å²) in [6.45, 7) is 1.98. The minimum absolute atomic E-state index is 0.0448. The number of hydrogen-bond donors (Lipinski definition) is 4. The van der Waals surface area contributed by atoms with Crippen LogP contribution in [0.4, 0.5) is 11.5 Å². The van der Waals surface area contributed by atoms with Crippen molar-refractivity contribution < 1.29 is 15.0 Å². The van der Waals surface area contributed by atoms with Gasteiger partial charge in [0.2, 0.25) is 0 Å². The number of phenols is 1. The summed E-state index contributed by atoms with van der Waals surface area (Å²) in [5, 5.41) is 23.8. The van der Waals surface area contributed by atoms with Gasteiger partial charge in [-0.15, -0.1) is 0 Å². The monoisotopic (exact) mass is 333 g/mol. The van der Waals surface area contributed by atoms with Gasteiger partial charge in [-0.1, -0.05) is 12.1 Å². The molecule has 0 aliphatic rings. The van der Waals surface area contributed by atoms with Gasteiger partial charge in [-0.2, -0.15) is 0 Å². The lowest BCUT2D eigenvalue weighted by molar-refractivity contribution is 0.0691. The summed E-state index contributed by atoms with van der Waals surface area (Å²) in [5.41, 5.74) is 3.26. The highest BCUT2D eigenvalue weighted by molar-refractivity contribution is 6.12. The van der Waals surface area contributed by atoms with E-state index in [1.54, 1.807) is 18.2 Å². The molecule has 25 heavy (non-hydrogen) atoms. The minimum atomic E-state index is -1.10. The number of benzene rings is 2. The van der Waals surface area contributed by atoms with E-state index >= 15 is 0 Å². The first kappa shape index (κ1) is 15.0. The maximum absolute atomic E-state index is 11.5. The minimum Gasteiger partial charge on any atom is -0.508 e. The molecule has 0 saturated carbocycles. The van der Waals surface area contributed by atoms with Gasteiger partial charge in [0.25, 0.3) is 0 Å². The van der Waals surface area contributed by atoms with Crippen molar-refractivity contribution in [1.82, 2.24) is 9.97 Å². The number of H-pyrrole nitrogens is 1. The molecule has 2 aromatic heterocycles. The summed E-state index contributed by atoms with van der Waals surface area (Å²) < 4.78 is 0. The maximum atomic E-state index is 11.5. The van der Waals surface area contributed by atoms with Gasteiger partial charge in [0.05, 0.1) is 11.0 Å². The fourth-order valence-electron chi connectivity index (χ4n) is 2.95. The van der Waals surface area contributed by atoms with Crippen LogP contribution in [0.25, 0.3) is 21.8 Å². The van der Waals surface area contributed by atoms with Gasteiger partial charge in [0.15, 0.2) is 11.5 Å². The summed E-state index contributed by atoms with van der Waals surface area (Å²) >= 11 is 0. The number of carbonyl (C=O) groups is 1. The van der Waals surface area contributed by atoms with Gasteiger partial charge in [-0.25, -0.2) is 9.78 Å². The van der Waals surface area contributed by atoms with Crippen LogP contribution >= 0.6 is 0 Å². The second-order valence-corrected chi connectivity index (χ2v) is 5.93. The number of nitrogens with one attached hydrogen (secondary N) is 2. The Bertz CT molecular complexity index is 1130. The van der Waals surface area contributed by atoms with Gasteiger partial charge >= 0.3 is 5.97 Å². The molecule has 0 spiro atoms. The normalized spacial score (nSPS) is 11.1. The molecule has 6 nitrogen and oxygen atoms in total. The van der Waals surface area contributed by atoms with Crippen LogP contribution < -0.4 is 5.32 Å². The first-order valence-electron chi connectivity index (χ1n) is 7.74. The zero-order valence-corrected chi connectivity index (χ0v) is 13.4. The third-order valence-corrected chi connectivity index (χ3v) is 4.07. The second kappa shape index (κ2) is 5.52. The van der Waals surface area contributed by atoms with Gasteiger partial charge in [-0.05, 0) is 42.8 Å². The quantitative estimate of drug-likeness (QED) is 0.451. The Balaban J connectivity index is 1.97. The van der Waals surface area contributed by atoms with Crippen LogP contribution in [-0.4, -0.2) is 26.2 Å². The molecule has 0 saturated heterocycles. The Morgan fingerprint density at radius 2 is 1.96 bits per heavy atom. The topological polar surface area (TPSA) is 98.2 Å². The number of rotatable bonds is 3. The highest BCUT2D eigenvalue weighted by atomic mass is 16.4. The standard InChI is InChI=1S/C19H15N3O3/c1-10-3-2-4-11(7-10)20-18-17-14(9-16(22-18)19(24)25)13-6-5-12(23)8-15(13)21-17/h2-9,21,23H,1H3,(H,20,22)(H,24,25). The molecule has 0 atom stereocenters. The number of aromatic hydroxyl groups is 1. The molecular weight excluding hydrogens is 318 g/mol. The molecular formula is C19H15N3O3. The second-order valence-electron chi connectivity index (χ2n) is 5.93. The Morgan fingerprint density at radius 3 is 2.72 bits per heavy atom. The van der Waals surface area contributed by atoms with Crippen LogP contribution in [-0.2, 0) is 0 Å². The lowest BCUT2D eigenvalue weighted by Crippen LogP contribution is -2.04. The van der Waals surface area contributed by atoms with Crippen LogP contribution in [0, 0.1) is 6.92 Å². The molecule has 0 bridgehead atoms. The summed E-state index contributed by atoms with van der Waals surface area (Å²) in [6, 6.07) is 14.2. The summed E-state index contributed by atoms with van der Waals surface area (Å²) in [6.07, 6.45) is 0. The van der Waals surface area contributed by atoms with Gasteiger partial charge in [0, 0.05) is 22.5 Å². The number of aryl methyl sites for hydroxylation is 1. The van der Waals surface area contributed by atoms with E-state index in [1.807, 2.05) is 31.2 Å². The smallest absolute Gasteiger partial charge is 0.354 e. The fourth-order valence-corrected chi connectivity index (χ4v) is 2.95. The van der Waals surface area contributed by atoms with Crippen molar-refractivity contribution in [2.24, 2.45) is 0 Å². The van der Waals surface area contributed by atoms with Crippen LogP contribution in [0.3, 0.4) is 0 Å². The summed E-state index contributed by atoms with van der Waals surface area (Å²) in [4.78, 5) is 18.9. The van der Waals surface area contributed by atoms with Crippen LogP contribution in [0.1, 0.15) is 16.1 Å². The van der Waals surface area contributed by atoms with Crippen molar-refractivity contribution in [1.29, 1.82) is 0 Å². The molecule has 4 N–H and O–H groups in total. The molecule has 4 rings (SSSR count).